The number of aryl methyl sites for hydroxylation is 1. The molecule has 4 nitrogen and oxygen atoms in total. The van der Waals surface area contributed by atoms with Crippen LogP contribution in [-0.4, -0.2) is 16.4 Å². The average Bonchev–Trinajstić information content (AvgIpc) is 2.77. The molecular weight excluding hydrogens is 246 g/mol. The minimum Gasteiger partial charge on any atom is -0.346 e. The fourth-order valence-corrected chi connectivity index (χ4v) is 2.59. The third kappa shape index (κ3) is 3.78. The summed E-state index contributed by atoms with van der Waals surface area (Å²) in [5, 5.41) is 6.03. The van der Waals surface area contributed by atoms with E-state index >= 15 is 0 Å². The van der Waals surface area contributed by atoms with E-state index in [2.05, 4.69) is 17.2 Å². The molecule has 0 fully saturated rings. The predicted molar refractivity (Wildman–Crippen MR) is 75.6 cm³/mol. The Morgan fingerprint density at radius 1 is 1.61 bits per heavy atom. The molecule has 2 unspecified atom stereocenters. The maximum absolute atomic E-state index is 12.1. The third-order valence-electron chi connectivity index (χ3n) is 2.95. The van der Waals surface area contributed by atoms with E-state index in [0.717, 1.165) is 23.5 Å². The van der Waals surface area contributed by atoms with Gasteiger partial charge in [0.15, 0.2) is 0 Å². The van der Waals surface area contributed by atoms with Gasteiger partial charge in [0.05, 0.1) is 22.3 Å². The van der Waals surface area contributed by atoms with Gasteiger partial charge in [0.2, 0.25) is 5.91 Å². The Bertz CT molecular complexity index is 401. The number of nitrogens with two attached hydrogens (primary N) is 1. The molecule has 0 saturated heterocycles. The first-order valence-corrected chi connectivity index (χ1v) is 7.32. The molecule has 0 aliphatic rings. The van der Waals surface area contributed by atoms with Crippen molar-refractivity contribution in [2.24, 2.45) is 5.73 Å². The van der Waals surface area contributed by atoms with Crippen LogP contribution < -0.4 is 11.1 Å². The number of hydrogen-bond acceptors (Lipinski definition) is 4. The molecule has 0 bridgehead atoms. The van der Waals surface area contributed by atoms with Crippen LogP contribution in [0.15, 0.2) is 5.38 Å². The number of rotatable bonds is 6. The Kier molecular flexibility index (Phi) is 5.28. The summed E-state index contributed by atoms with van der Waals surface area (Å²) in [6, 6.07) is -0.0891. The first-order chi connectivity index (χ1) is 8.40. The molecule has 1 rings (SSSR count). The van der Waals surface area contributed by atoms with Crippen LogP contribution >= 0.6 is 11.3 Å². The molecule has 0 spiro atoms. The van der Waals surface area contributed by atoms with E-state index in [0.29, 0.717) is 6.42 Å². The van der Waals surface area contributed by atoms with Crippen molar-refractivity contribution in [3.8, 4) is 0 Å². The van der Waals surface area contributed by atoms with Gasteiger partial charge < -0.3 is 11.1 Å². The zero-order chi connectivity index (χ0) is 13.8. The number of carbonyl (C=O) groups is 1. The summed E-state index contributed by atoms with van der Waals surface area (Å²) >= 11 is 1.63. The number of hydrogen-bond donors (Lipinski definition) is 2. The number of amides is 1. The van der Waals surface area contributed by atoms with Crippen molar-refractivity contribution in [2.75, 3.05) is 0 Å². The fraction of sp³-hybridized carbons (Fsp3) is 0.692. The van der Waals surface area contributed by atoms with E-state index < -0.39 is 5.54 Å². The second-order valence-electron chi connectivity index (χ2n) is 4.88. The van der Waals surface area contributed by atoms with Crippen molar-refractivity contribution in [3.05, 3.63) is 16.1 Å². The normalized spacial score (nSPS) is 16.1. The van der Waals surface area contributed by atoms with Crippen LogP contribution in [0.2, 0.25) is 0 Å². The summed E-state index contributed by atoms with van der Waals surface area (Å²) in [7, 11) is 0. The number of aromatic nitrogens is 1. The molecule has 2 atom stereocenters. The van der Waals surface area contributed by atoms with E-state index in [-0.39, 0.29) is 11.9 Å². The summed E-state index contributed by atoms with van der Waals surface area (Å²) in [5.74, 6) is -0.108. The minimum absolute atomic E-state index is 0.0891. The maximum Gasteiger partial charge on any atom is 0.240 e. The Labute approximate surface area is 113 Å². The number of nitrogens with zero attached hydrogens (tertiary/aromatic N) is 1. The lowest BCUT2D eigenvalue weighted by Crippen LogP contribution is -2.52. The molecule has 0 saturated carbocycles. The number of carbonyl (C=O) groups excluding carboxylic acids is 1. The van der Waals surface area contributed by atoms with Gasteiger partial charge >= 0.3 is 0 Å². The maximum atomic E-state index is 12.1. The van der Waals surface area contributed by atoms with Crippen molar-refractivity contribution in [1.29, 1.82) is 0 Å². The quantitative estimate of drug-likeness (QED) is 0.833. The Morgan fingerprint density at radius 2 is 2.28 bits per heavy atom. The molecule has 0 aliphatic carbocycles. The van der Waals surface area contributed by atoms with Crippen LogP contribution in [0.25, 0.3) is 0 Å². The second kappa shape index (κ2) is 6.29. The lowest BCUT2D eigenvalue weighted by atomic mass is 9.96. The topological polar surface area (TPSA) is 68.0 Å². The molecule has 3 N–H and O–H groups in total. The summed E-state index contributed by atoms with van der Waals surface area (Å²) < 4.78 is 0. The van der Waals surface area contributed by atoms with Gasteiger partial charge in [-0.3, -0.25) is 4.79 Å². The molecule has 1 aromatic rings. The Morgan fingerprint density at radius 3 is 2.78 bits per heavy atom. The van der Waals surface area contributed by atoms with Crippen LogP contribution in [0.3, 0.4) is 0 Å². The number of thiazole rings is 1. The highest BCUT2D eigenvalue weighted by molar-refractivity contribution is 7.09. The highest BCUT2D eigenvalue weighted by Crippen LogP contribution is 2.18. The fourth-order valence-electron chi connectivity index (χ4n) is 1.75. The van der Waals surface area contributed by atoms with Crippen LogP contribution in [0.4, 0.5) is 0 Å². The number of nitrogens with one attached hydrogen (secondary N) is 1. The van der Waals surface area contributed by atoms with Gasteiger partial charge in [-0.2, -0.15) is 0 Å². The monoisotopic (exact) mass is 269 g/mol. The largest absolute Gasteiger partial charge is 0.346 e. The Balaban J connectivity index is 2.64. The SMILES string of the molecule is CCCC(C)(N)C(=O)NC(C)c1csc(CC)n1. The van der Waals surface area contributed by atoms with Crippen molar-refractivity contribution in [1.82, 2.24) is 10.3 Å². The summed E-state index contributed by atoms with van der Waals surface area (Å²) in [4.78, 5) is 16.5. The molecule has 0 aliphatic heterocycles. The highest BCUT2D eigenvalue weighted by Gasteiger charge is 2.28. The van der Waals surface area contributed by atoms with Gasteiger partial charge in [-0.05, 0) is 26.7 Å². The molecule has 0 aromatic carbocycles. The van der Waals surface area contributed by atoms with Crippen molar-refractivity contribution in [2.45, 2.75) is 58.5 Å². The van der Waals surface area contributed by atoms with Crippen molar-refractivity contribution < 1.29 is 4.79 Å². The van der Waals surface area contributed by atoms with Crippen molar-refractivity contribution in [3.63, 3.8) is 0 Å². The average molecular weight is 269 g/mol. The highest BCUT2D eigenvalue weighted by atomic mass is 32.1. The van der Waals surface area contributed by atoms with Crippen LogP contribution in [0, 0.1) is 0 Å². The smallest absolute Gasteiger partial charge is 0.240 e. The van der Waals surface area contributed by atoms with E-state index in [1.165, 1.54) is 0 Å². The van der Waals surface area contributed by atoms with Crippen LogP contribution in [-0.2, 0) is 11.2 Å². The van der Waals surface area contributed by atoms with Crippen LogP contribution in [0.5, 0.6) is 0 Å². The van der Waals surface area contributed by atoms with E-state index in [9.17, 15) is 4.79 Å². The molecule has 1 aromatic heterocycles. The lowest BCUT2D eigenvalue weighted by molar-refractivity contribution is -0.126. The third-order valence-corrected chi connectivity index (χ3v) is 3.96. The predicted octanol–water partition coefficient (Wildman–Crippen LogP) is 2.40. The summed E-state index contributed by atoms with van der Waals surface area (Å²) in [5.41, 5.74) is 6.11. The van der Waals surface area contributed by atoms with Gasteiger partial charge in [0.1, 0.15) is 0 Å². The minimum atomic E-state index is -0.799. The zero-order valence-corrected chi connectivity index (χ0v) is 12.4. The lowest BCUT2D eigenvalue weighted by Gasteiger charge is -2.24. The summed E-state index contributed by atoms with van der Waals surface area (Å²) in [6.45, 7) is 7.81. The van der Waals surface area contributed by atoms with Gasteiger partial charge in [-0.1, -0.05) is 20.3 Å². The van der Waals surface area contributed by atoms with Gasteiger partial charge in [0, 0.05) is 5.38 Å². The van der Waals surface area contributed by atoms with Gasteiger partial charge in [-0.25, -0.2) is 4.98 Å². The first-order valence-electron chi connectivity index (χ1n) is 6.44. The van der Waals surface area contributed by atoms with Crippen molar-refractivity contribution >= 4 is 17.2 Å². The molecule has 102 valence electrons. The molecule has 1 heterocycles. The van der Waals surface area contributed by atoms with E-state index in [4.69, 9.17) is 5.73 Å². The van der Waals surface area contributed by atoms with Gasteiger partial charge in [-0.15, -0.1) is 11.3 Å². The molecule has 0 radical (unpaired) electrons. The second-order valence-corrected chi connectivity index (χ2v) is 5.82. The first kappa shape index (κ1) is 15.1. The summed E-state index contributed by atoms with van der Waals surface area (Å²) in [6.07, 6.45) is 2.50. The zero-order valence-electron chi connectivity index (χ0n) is 11.6. The Hall–Kier alpha value is -0.940. The molecule has 1 amide bonds. The standard InChI is InChI=1S/C13H23N3OS/c1-5-7-13(4,14)12(17)15-9(3)10-8-18-11(6-2)16-10/h8-9H,5-7,14H2,1-4H3,(H,15,17). The van der Waals surface area contributed by atoms with E-state index in [1.807, 2.05) is 19.2 Å². The molecule has 5 heteroatoms. The molecule has 18 heavy (non-hydrogen) atoms. The van der Waals surface area contributed by atoms with Crippen LogP contribution in [0.1, 0.15) is 57.3 Å². The van der Waals surface area contributed by atoms with Gasteiger partial charge in [0.25, 0.3) is 0 Å². The molecular formula is C13H23N3OS. The van der Waals surface area contributed by atoms with E-state index in [1.54, 1.807) is 18.3 Å².